The Morgan fingerprint density at radius 2 is 1.73 bits per heavy atom. The zero-order chi connectivity index (χ0) is 10.7. The maximum atomic E-state index is 7.33. The van der Waals surface area contributed by atoms with Crippen LogP contribution in [0.5, 0.6) is 11.6 Å². The lowest BCUT2D eigenvalue weighted by atomic mass is 10.3. The van der Waals surface area contributed by atoms with E-state index in [9.17, 15) is 0 Å². The van der Waals surface area contributed by atoms with E-state index >= 15 is 0 Å². The second kappa shape index (κ2) is 3.96. The summed E-state index contributed by atoms with van der Waals surface area (Å²) in [5.74, 6) is 1.16. The van der Waals surface area contributed by atoms with Gasteiger partial charge in [-0.1, -0.05) is 0 Å². The van der Waals surface area contributed by atoms with Gasteiger partial charge < -0.3 is 10.5 Å². The van der Waals surface area contributed by atoms with Gasteiger partial charge in [0.05, 0.1) is 11.4 Å². The van der Waals surface area contributed by atoms with E-state index in [0.29, 0.717) is 17.3 Å². The summed E-state index contributed by atoms with van der Waals surface area (Å²) >= 11 is 0. The summed E-state index contributed by atoms with van der Waals surface area (Å²) in [6.45, 7) is 1.83. The standard InChI is InChI=1S/C11H10N3O/c1-8-11(14-7-6-13-8)15-10-4-2-9(12)3-5-10/h2-7,12H,1H3. The molecule has 1 aromatic carbocycles. The molecule has 0 fully saturated rings. The van der Waals surface area contributed by atoms with Gasteiger partial charge in [-0.2, -0.15) is 0 Å². The number of aryl methyl sites for hydroxylation is 1. The van der Waals surface area contributed by atoms with Crippen LogP contribution in [0, 0.1) is 6.92 Å². The van der Waals surface area contributed by atoms with Crippen molar-refractivity contribution >= 4 is 5.69 Å². The fourth-order valence-electron chi connectivity index (χ4n) is 1.13. The first-order valence-corrected chi connectivity index (χ1v) is 4.53. The number of benzene rings is 1. The second-order valence-electron chi connectivity index (χ2n) is 3.07. The van der Waals surface area contributed by atoms with Crippen molar-refractivity contribution in [1.29, 1.82) is 0 Å². The average molecular weight is 200 g/mol. The van der Waals surface area contributed by atoms with Crippen molar-refractivity contribution in [1.82, 2.24) is 15.7 Å². The topological polar surface area (TPSA) is 58.8 Å². The maximum absolute atomic E-state index is 7.33. The monoisotopic (exact) mass is 200 g/mol. The van der Waals surface area contributed by atoms with Crippen LogP contribution in [0.3, 0.4) is 0 Å². The molecule has 4 nitrogen and oxygen atoms in total. The van der Waals surface area contributed by atoms with Gasteiger partial charge in [0, 0.05) is 12.4 Å². The number of nitrogens with one attached hydrogen (secondary N) is 1. The van der Waals surface area contributed by atoms with Crippen LogP contribution in [0.2, 0.25) is 0 Å². The molecule has 0 spiro atoms. The predicted molar refractivity (Wildman–Crippen MR) is 56.0 cm³/mol. The number of rotatable bonds is 2. The van der Waals surface area contributed by atoms with Crippen molar-refractivity contribution in [3.8, 4) is 11.6 Å². The van der Waals surface area contributed by atoms with E-state index < -0.39 is 0 Å². The predicted octanol–water partition coefficient (Wildman–Crippen LogP) is 2.49. The highest BCUT2D eigenvalue weighted by molar-refractivity contribution is 5.40. The minimum atomic E-state index is 0.457. The SMILES string of the molecule is Cc1nccnc1Oc1ccc([NH])cc1. The molecule has 0 atom stereocenters. The Balaban J connectivity index is 2.22. The molecule has 1 heterocycles. The lowest BCUT2D eigenvalue weighted by Gasteiger charge is -2.05. The van der Waals surface area contributed by atoms with E-state index in [1.807, 2.05) is 6.92 Å². The first-order valence-electron chi connectivity index (χ1n) is 4.53. The quantitative estimate of drug-likeness (QED) is 0.748. The highest BCUT2D eigenvalue weighted by Gasteiger charge is 2.02. The van der Waals surface area contributed by atoms with E-state index in [1.54, 1.807) is 36.7 Å². The van der Waals surface area contributed by atoms with Gasteiger partial charge in [0.1, 0.15) is 5.75 Å². The Kier molecular flexibility index (Phi) is 2.49. The molecule has 1 aromatic heterocycles. The number of aromatic nitrogens is 2. The molecule has 2 rings (SSSR count). The number of hydrogen-bond acceptors (Lipinski definition) is 3. The van der Waals surface area contributed by atoms with Gasteiger partial charge in [0.2, 0.25) is 5.88 Å². The smallest absolute Gasteiger partial charge is 0.240 e. The Morgan fingerprint density at radius 3 is 2.40 bits per heavy atom. The molecule has 0 amide bonds. The van der Waals surface area contributed by atoms with Gasteiger partial charge in [0.25, 0.3) is 0 Å². The summed E-state index contributed by atoms with van der Waals surface area (Å²) in [6, 6.07) is 6.80. The molecule has 0 aliphatic heterocycles. The third-order valence-corrected chi connectivity index (χ3v) is 1.90. The van der Waals surface area contributed by atoms with Crippen molar-refractivity contribution in [3.05, 3.63) is 42.4 Å². The Bertz CT molecular complexity index is 454. The van der Waals surface area contributed by atoms with E-state index in [0.717, 1.165) is 5.69 Å². The normalized spacial score (nSPS) is 9.93. The highest BCUT2D eigenvalue weighted by Crippen LogP contribution is 2.21. The van der Waals surface area contributed by atoms with Gasteiger partial charge in [-0.05, 0) is 31.2 Å². The molecule has 4 heteroatoms. The zero-order valence-electron chi connectivity index (χ0n) is 8.27. The van der Waals surface area contributed by atoms with Crippen LogP contribution in [0.25, 0.3) is 0 Å². The van der Waals surface area contributed by atoms with Gasteiger partial charge in [0.15, 0.2) is 0 Å². The van der Waals surface area contributed by atoms with Crippen molar-refractivity contribution in [2.75, 3.05) is 0 Å². The summed E-state index contributed by atoms with van der Waals surface area (Å²) in [5.41, 5.74) is 8.53. The van der Waals surface area contributed by atoms with Crippen molar-refractivity contribution in [2.45, 2.75) is 6.92 Å². The minimum Gasteiger partial charge on any atom is -0.437 e. The zero-order valence-corrected chi connectivity index (χ0v) is 8.27. The first-order chi connectivity index (χ1) is 7.25. The van der Waals surface area contributed by atoms with Crippen LogP contribution in [-0.2, 0) is 0 Å². The van der Waals surface area contributed by atoms with Crippen molar-refractivity contribution < 1.29 is 4.74 Å². The molecular weight excluding hydrogens is 190 g/mol. The molecule has 75 valence electrons. The van der Waals surface area contributed by atoms with Crippen LogP contribution in [0.4, 0.5) is 5.69 Å². The lowest BCUT2D eigenvalue weighted by molar-refractivity contribution is 0.455. The van der Waals surface area contributed by atoms with Crippen LogP contribution >= 0.6 is 0 Å². The fourth-order valence-corrected chi connectivity index (χ4v) is 1.13. The largest absolute Gasteiger partial charge is 0.437 e. The first kappa shape index (κ1) is 9.45. The molecule has 15 heavy (non-hydrogen) atoms. The Hall–Kier alpha value is -2.10. The molecular formula is C11H10N3O. The van der Waals surface area contributed by atoms with Gasteiger partial charge in [-0.15, -0.1) is 0 Å². The van der Waals surface area contributed by atoms with E-state index in [4.69, 9.17) is 10.5 Å². The molecule has 1 radical (unpaired) electrons. The molecule has 0 saturated heterocycles. The van der Waals surface area contributed by atoms with Crippen LogP contribution in [0.1, 0.15) is 5.69 Å². The molecule has 1 N–H and O–H groups in total. The lowest BCUT2D eigenvalue weighted by Crippen LogP contribution is -1.92. The molecule has 0 unspecified atom stereocenters. The molecule has 0 bridgehead atoms. The second-order valence-corrected chi connectivity index (χ2v) is 3.07. The number of hydrogen-bond donors (Lipinski definition) is 0. The minimum absolute atomic E-state index is 0.457. The summed E-state index contributed by atoms with van der Waals surface area (Å²) < 4.78 is 5.51. The molecule has 0 saturated carbocycles. The fraction of sp³-hybridized carbons (Fsp3) is 0.0909. The average Bonchev–Trinajstić information content (AvgIpc) is 2.25. The van der Waals surface area contributed by atoms with Gasteiger partial charge in [-0.3, -0.25) is 4.98 Å². The molecule has 2 aromatic rings. The maximum Gasteiger partial charge on any atom is 0.240 e. The van der Waals surface area contributed by atoms with Crippen molar-refractivity contribution in [2.24, 2.45) is 0 Å². The molecule has 0 aliphatic carbocycles. The van der Waals surface area contributed by atoms with Crippen LogP contribution < -0.4 is 10.5 Å². The Labute approximate surface area is 87.7 Å². The van der Waals surface area contributed by atoms with Crippen molar-refractivity contribution in [3.63, 3.8) is 0 Å². The number of ether oxygens (including phenoxy) is 1. The van der Waals surface area contributed by atoms with E-state index in [-0.39, 0.29) is 0 Å². The third-order valence-electron chi connectivity index (χ3n) is 1.90. The van der Waals surface area contributed by atoms with Gasteiger partial charge >= 0.3 is 0 Å². The van der Waals surface area contributed by atoms with Gasteiger partial charge in [-0.25, -0.2) is 4.98 Å². The summed E-state index contributed by atoms with van der Waals surface area (Å²) in [6.07, 6.45) is 3.20. The highest BCUT2D eigenvalue weighted by atomic mass is 16.5. The van der Waals surface area contributed by atoms with E-state index in [1.165, 1.54) is 0 Å². The van der Waals surface area contributed by atoms with Crippen LogP contribution in [-0.4, -0.2) is 9.97 Å². The summed E-state index contributed by atoms with van der Waals surface area (Å²) in [5, 5.41) is 0. The summed E-state index contributed by atoms with van der Waals surface area (Å²) in [7, 11) is 0. The number of nitrogens with zero attached hydrogens (tertiary/aromatic N) is 2. The third kappa shape index (κ3) is 2.22. The summed E-state index contributed by atoms with van der Waals surface area (Å²) in [4.78, 5) is 8.13. The molecule has 0 aliphatic rings. The van der Waals surface area contributed by atoms with E-state index in [2.05, 4.69) is 9.97 Å². The van der Waals surface area contributed by atoms with Crippen LogP contribution in [0.15, 0.2) is 36.7 Å². The Morgan fingerprint density at radius 1 is 1.07 bits per heavy atom.